The number of aliphatic hydroxyl groups excluding tert-OH is 2. The lowest BCUT2D eigenvalue weighted by molar-refractivity contribution is -0.140. The third-order valence-electron chi connectivity index (χ3n) is 4.74. The summed E-state index contributed by atoms with van der Waals surface area (Å²) >= 11 is 0. The summed E-state index contributed by atoms with van der Waals surface area (Å²) in [6.07, 6.45) is 0. The van der Waals surface area contributed by atoms with E-state index in [-0.39, 0.29) is 36.0 Å². The third kappa shape index (κ3) is 3.62. The molecule has 8 nitrogen and oxygen atoms in total. The lowest BCUT2D eigenvalue weighted by atomic mass is 9.95. The maximum atomic E-state index is 12.8. The summed E-state index contributed by atoms with van der Waals surface area (Å²) in [7, 11) is 2.85. The van der Waals surface area contributed by atoms with Gasteiger partial charge in [-0.1, -0.05) is 18.2 Å². The first-order valence-electron chi connectivity index (χ1n) is 8.83. The molecule has 1 atom stereocenters. The van der Waals surface area contributed by atoms with Crippen molar-refractivity contribution in [3.05, 3.63) is 59.2 Å². The Morgan fingerprint density at radius 2 is 1.86 bits per heavy atom. The highest BCUT2D eigenvalue weighted by atomic mass is 16.5. The standard InChI is InChI=1S/C21H21NO7/c1-28-14-5-3-4-13(10-14)19(25)17-18(22(8-9-23)21(27)20(17)26)12-6-7-15(24)16(11-12)29-2/h3-7,10-11,18,23-25H,8-9H2,1-2H3. The second-order valence-electron chi connectivity index (χ2n) is 6.38. The zero-order valence-corrected chi connectivity index (χ0v) is 16.0. The molecule has 0 saturated carbocycles. The summed E-state index contributed by atoms with van der Waals surface area (Å²) in [6.45, 7) is -0.467. The van der Waals surface area contributed by atoms with E-state index in [9.17, 15) is 24.9 Å². The molecule has 2 aromatic carbocycles. The van der Waals surface area contributed by atoms with E-state index >= 15 is 0 Å². The quantitative estimate of drug-likeness (QED) is 0.385. The smallest absolute Gasteiger partial charge is 0.295 e. The maximum Gasteiger partial charge on any atom is 0.295 e. The Kier molecular flexibility index (Phi) is 5.74. The van der Waals surface area contributed by atoms with Gasteiger partial charge < -0.3 is 29.7 Å². The van der Waals surface area contributed by atoms with Crippen LogP contribution in [0.25, 0.3) is 5.76 Å². The predicted octanol–water partition coefficient (Wildman–Crippen LogP) is 1.82. The second-order valence-corrected chi connectivity index (χ2v) is 6.38. The third-order valence-corrected chi connectivity index (χ3v) is 4.74. The molecule has 152 valence electrons. The monoisotopic (exact) mass is 399 g/mol. The van der Waals surface area contributed by atoms with Crippen LogP contribution in [-0.2, 0) is 9.59 Å². The van der Waals surface area contributed by atoms with Gasteiger partial charge in [-0.05, 0) is 29.8 Å². The number of ketones is 1. The molecule has 1 saturated heterocycles. The Morgan fingerprint density at radius 3 is 2.52 bits per heavy atom. The molecule has 0 bridgehead atoms. The Morgan fingerprint density at radius 1 is 1.10 bits per heavy atom. The molecule has 1 amide bonds. The molecule has 0 aliphatic carbocycles. The van der Waals surface area contributed by atoms with E-state index in [1.54, 1.807) is 24.3 Å². The van der Waals surface area contributed by atoms with Crippen LogP contribution in [-0.4, -0.2) is 59.3 Å². The zero-order valence-electron chi connectivity index (χ0n) is 16.0. The van der Waals surface area contributed by atoms with Gasteiger partial charge in [-0.2, -0.15) is 0 Å². The molecule has 1 aliphatic rings. The Hall–Kier alpha value is -3.52. The second kappa shape index (κ2) is 8.24. The van der Waals surface area contributed by atoms with Crippen molar-refractivity contribution < 1.29 is 34.4 Å². The van der Waals surface area contributed by atoms with Gasteiger partial charge in [-0.25, -0.2) is 0 Å². The number of rotatable bonds is 6. The lowest BCUT2D eigenvalue weighted by Crippen LogP contribution is -2.32. The Balaban J connectivity index is 2.21. The highest BCUT2D eigenvalue weighted by Crippen LogP contribution is 2.41. The number of hydrogen-bond acceptors (Lipinski definition) is 7. The van der Waals surface area contributed by atoms with Gasteiger partial charge in [0.2, 0.25) is 0 Å². The fourth-order valence-corrected chi connectivity index (χ4v) is 3.36. The number of hydrogen-bond donors (Lipinski definition) is 3. The molecule has 0 radical (unpaired) electrons. The van der Waals surface area contributed by atoms with Crippen LogP contribution < -0.4 is 9.47 Å². The highest BCUT2D eigenvalue weighted by Gasteiger charge is 2.46. The van der Waals surface area contributed by atoms with Crippen molar-refractivity contribution in [2.75, 3.05) is 27.4 Å². The number of likely N-dealkylation sites (tertiary alicyclic amines) is 1. The number of methoxy groups -OCH3 is 2. The molecule has 29 heavy (non-hydrogen) atoms. The number of nitrogens with zero attached hydrogens (tertiary/aromatic N) is 1. The molecular weight excluding hydrogens is 378 g/mol. The van der Waals surface area contributed by atoms with Gasteiger partial charge in [-0.3, -0.25) is 9.59 Å². The van der Waals surface area contributed by atoms with E-state index in [1.807, 2.05) is 0 Å². The van der Waals surface area contributed by atoms with Crippen LogP contribution >= 0.6 is 0 Å². The SMILES string of the molecule is COc1cccc(C(O)=C2C(=O)C(=O)N(CCO)C2c2ccc(O)c(OC)c2)c1. The minimum Gasteiger partial charge on any atom is -0.507 e. The minimum atomic E-state index is -0.956. The van der Waals surface area contributed by atoms with Crippen molar-refractivity contribution in [2.45, 2.75) is 6.04 Å². The van der Waals surface area contributed by atoms with Crippen molar-refractivity contribution in [3.8, 4) is 17.2 Å². The molecule has 0 aromatic heterocycles. The molecule has 0 spiro atoms. The number of amides is 1. The van der Waals surface area contributed by atoms with E-state index in [0.717, 1.165) is 0 Å². The largest absolute Gasteiger partial charge is 0.507 e. The number of β-amino-alcohol motifs (C(OH)–C–C–N with tert-alkyl or cyclic N) is 1. The number of phenols is 1. The zero-order chi connectivity index (χ0) is 21.1. The van der Waals surface area contributed by atoms with Crippen molar-refractivity contribution in [3.63, 3.8) is 0 Å². The highest BCUT2D eigenvalue weighted by molar-refractivity contribution is 6.46. The fraction of sp³-hybridized carbons (Fsp3) is 0.238. The molecule has 1 heterocycles. The molecule has 3 rings (SSSR count). The summed E-state index contributed by atoms with van der Waals surface area (Å²) in [5.41, 5.74) is 0.628. The number of aliphatic hydroxyl groups is 2. The first kappa shape index (κ1) is 20.2. The fourth-order valence-electron chi connectivity index (χ4n) is 3.36. The molecule has 1 unspecified atom stereocenters. The van der Waals surface area contributed by atoms with Gasteiger partial charge in [0, 0.05) is 12.1 Å². The number of Topliss-reactive ketones (excluding diaryl/α,β-unsaturated/α-hetero) is 1. The number of benzene rings is 2. The van der Waals surface area contributed by atoms with Crippen molar-refractivity contribution in [2.24, 2.45) is 0 Å². The van der Waals surface area contributed by atoms with Crippen LogP contribution in [0.4, 0.5) is 0 Å². The average molecular weight is 399 g/mol. The van der Waals surface area contributed by atoms with Crippen molar-refractivity contribution in [1.29, 1.82) is 0 Å². The molecule has 1 fully saturated rings. The van der Waals surface area contributed by atoms with E-state index in [0.29, 0.717) is 16.9 Å². The van der Waals surface area contributed by atoms with Gasteiger partial charge in [0.25, 0.3) is 11.7 Å². The van der Waals surface area contributed by atoms with Crippen LogP contribution in [0.1, 0.15) is 17.2 Å². The van der Waals surface area contributed by atoms with E-state index in [1.165, 1.54) is 37.3 Å². The van der Waals surface area contributed by atoms with Gasteiger partial charge in [0.05, 0.1) is 32.4 Å². The van der Waals surface area contributed by atoms with Crippen LogP contribution in [0.15, 0.2) is 48.0 Å². The number of carbonyl (C=O) groups is 2. The molecule has 3 N–H and O–H groups in total. The molecule has 8 heteroatoms. The summed E-state index contributed by atoms with van der Waals surface area (Å²) in [5.74, 6) is -1.54. The normalized spacial score (nSPS) is 18.2. The van der Waals surface area contributed by atoms with E-state index in [2.05, 4.69) is 0 Å². The van der Waals surface area contributed by atoms with Crippen LogP contribution in [0.5, 0.6) is 17.2 Å². The first-order valence-corrected chi connectivity index (χ1v) is 8.83. The Bertz CT molecular complexity index is 983. The molecule has 1 aliphatic heterocycles. The summed E-state index contributed by atoms with van der Waals surface area (Å²) in [6, 6.07) is 9.89. The van der Waals surface area contributed by atoms with Gasteiger partial charge >= 0.3 is 0 Å². The topological polar surface area (TPSA) is 117 Å². The van der Waals surface area contributed by atoms with Gasteiger partial charge in [0.15, 0.2) is 11.5 Å². The number of ether oxygens (including phenoxy) is 2. The molecule has 2 aromatic rings. The van der Waals surface area contributed by atoms with E-state index in [4.69, 9.17) is 9.47 Å². The maximum absolute atomic E-state index is 12.8. The van der Waals surface area contributed by atoms with E-state index < -0.39 is 17.7 Å². The predicted molar refractivity (Wildman–Crippen MR) is 104 cm³/mol. The van der Waals surface area contributed by atoms with Crippen molar-refractivity contribution >= 4 is 17.4 Å². The van der Waals surface area contributed by atoms with Crippen LogP contribution in [0.3, 0.4) is 0 Å². The van der Waals surface area contributed by atoms with Gasteiger partial charge in [-0.15, -0.1) is 0 Å². The first-order chi connectivity index (χ1) is 13.9. The lowest BCUT2D eigenvalue weighted by Gasteiger charge is -2.25. The summed E-state index contributed by atoms with van der Waals surface area (Å²) < 4.78 is 10.3. The molecular formula is C21H21NO7. The average Bonchev–Trinajstić information content (AvgIpc) is 2.99. The van der Waals surface area contributed by atoms with Crippen LogP contribution in [0, 0.1) is 0 Å². The number of phenolic OH excluding ortho intramolecular Hbond substituents is 1. The Labute approximate surface area is 167 Å². The van der Waals surface area contributed by atoms with Crippen LogP contribution in [0.2, 0.25) is 0 Å². The summed E-state index contributed by atoms with van der Waals surface area (Å²) in [5, 5.41) is 30.2. The minimum absolute atomic E-state index is 0.104. The number of aromatic hydroxyl groups is 1. The van der Waals surface area contributed by atoms with Crippen molar-refractivity contribution in [1.82, 2.24) is 4.90 Å². The summed E-state index contributed by atoms with van der Waals surface area (Å²) in [4.78, 5) is 26.5. The van der Waals surface area contributed by atoms with Gasteiger partial charge in [0.1, 0.15) is 11.5 Å². The number of carbonyl (C=O) groups excluding carboxylic acids is 2.